The van der Waals surface area contributed by atoms with Crippen LogP contribution in [-0.4, -0.2) is 38.8 Å². The number of nitrogens with zero attached hydrogens (tertiary/aromatic N) is 1. The Morgan fingerprint density at radius 1 is 1.48 bits per heavy atom. The Labute approximate surface area is 191 Å². The number of carbonyl (C=O) groups excluding carboxylic acids is 1. The van der Waals surface area contributed by atoms with Gasteiger partial charge in [0.25, 0.3) is 0 Å². The van der Waals surface area contributed by atoms with Crippen molar-refractivity contribution in [2.75, 3.05) is 0 Å². The van der Waals surface area contributed by atoms with Gasteiger partial charge in [-0.2, -0.15) is 0 Å². The minimum Gasteiger partial charge on any atom is -0.742 e. The average molecular weight is 400 g/mol. The first-order valence-corrected chi connectivity index (χ1v) is 10.1. The van der Waals surface area contributed by atoms with E-state index in [1.165, 1.54) is 0 Å². The molecule has 1 fully saturated rings. The zero-order valence-corrected chi connectivity index (χ0v) is 19.4. The number of fused-ring (bicyclic) bond motifs is 1. The third kappa shape index (κ3) is 6.66. The fraction of sp³-hybridized carbons (Fsp3) is 0.714. The van der Waals surface area contributed by atoms with Crippen molar-refractivity contribution in [3.63, 3.8) is 0 Å². The minimum atomic E-state index is -0.644. The van der Waals surface area contributed by atoms with Crippen molar-refractivity contribution in [3.05, 3.63) is 12.2 Å². The molecule has 1 aliphatic heterocycles. The quantitative estimate of drug-likeness (QED) is 0.178. The van der Waals surface area contributed by atoms with E-state index in [1.54, 1.807) is 0 Å². The number of aliphatic imine (C=N–C) groups is 1. The summed E-state index contributed by atoms with van der Waals surface area (Å²) in [6, 6.07) is 0. The van der Waals surface area contributed by atoms with E-state index in [1.807, 2.05) is 12.2 Å². The van der Waals surface area contributed by atoms with Crippen LogP contribution in [0.15, 0.2) is 17.1 Å². The molecular formula is C21H30NNaO3S. The summed E-state index contributed by atoms with van der Waals surface area (Å²) in [5, 5.41) is 20.4. The van der Waals surface area contributed by atoms with E-state index < -0.39 is 17.7 Å². The number of aliphatic hydroxyl groups is 2. The second-order valence-electron chi connectivity index (χ2n) is 7.58. The van der Waals surface area contributed by atoms with Crippen LogP contribution < -0.4 is 29.6 Å². The summed E-state index contributed by atoms with van der Waals surface area (Å²) in [6.07, 6.45) is 15.5. The third-order valence-electron chi connectivity index (χ3n) is 5.61. The molecule has 0 aromatic heterocycles. The van der Waals surface area contributed by atoms with Crippen LogP contribution in [0.1, 0.15) is 64.7 Å². The number of rotatable bonds is 10. The standard InChI is InChI=1S/C21H31NO3S.Na/c1-3-5-6-9-16(23)11-12-17-18-13-15(8-7-10-20(25)26)22-21(18,4-2)14-19(17)24;/h2,11-12,16-19,23-24H,3,5-10,13-14H2,1H3,(H,25,26);/q;+1/p-1/b12-11+;/t16-,17?,18?,19?,21?;/m0./s1. The third-order valence-corrected chi connectivity index (χ3v) is 5.82. The second kappa shape index (κ2) is 11.7. The summed E-state index contributed by atoms with van der Waals surface area (Å²) in [6.45, 7) is 2.14. The molecule has 2 aliphatic rings. The Morgan fingerprint density at radius 2 is 2.22 bits per heavy atom. The average Bonchev–Trinajstić information content (AvgIpc) is 3.05. The maximum absolute atomic E-state index is 10.9. The van der Waals surface area contributed by atoms with Crippen LogP contribution >= 0.6 is 0 Å². The van der Waals surface area contributed by atoms with Crippen LogP contribution in [0.25, 0.3) is 0 Å². The van der Waals surface area contributed by atoms with Gasteiger partial charge in [-0.05, 0) is 32.1 Å². The van der Waals surface area contributed by atoms with Crippen LogP contribution in [0.2, 0.25) is 0 Å². The number of aliphatic hydroxyl groups excluding tert-OH is 2. The first-order chi connectivity index (χ1) is 12.4. The van der Waals surface area contributed by atoms with Gasteiger partial charge in [0, 0.05) is 29.1 Å². The Bertz CT molecular complexity index is 601. The van der Waals surface area contributed by atoms with E-state index in [9.17, 15) is 15.0 Å². The molecule has 0 aromatic rings. The van der Waals surface area contributed by atoms with Crippen LogP contribution in [0.3, 0.4) is 0 Å². The monoisotopic (exact) mass is 399 g/mol. The Morgan fingerprint density at radius 3 is 2.85 bits per heavy atom. The molecule has 0 bridgehead atoms. The van der Waals surface area contributed by atoms with E-state index in [-0.39, 0.29) is 46.5 Å². The Kier molecular flexibility index (Phi) is 10.8. The van der Waals surface area contributed by atoms with Gasteiger partial charge in [0.2, 0.25) is 0 Å². The molecule has 1 aliphatic carbocycles. The van der Waals surface area contributed by atoms with Crippen molar-refractivity contribution >= 4 is 23.5 Å². The van der Waals surface area contributed by atoms with Crippen molar-refractivity contribution < 1.29 is 44.6 Å². The predicted octanol–water partition coefficient (Wildman–Crippen LogP) is -0.0547. The fourth-order valence-electron chi connectivity index (χ4n) is 4.22. The van der Waals surface area contributed by atoms with E-state index >= 15 is 0 Å². The summed E-state index contributed by atoms with van der Waals surface area (Å²) >= 11 is 4.60. The molecule has 0 amide bonds. The van der Waals surface area contributed by atoms with Gasteiger partial charge in [-0.3, -0.25) is 4.99 Å². The SMILES string of the molecule is C#CC12CC(O)C(/C=C/[C@@H](O)CCCCC)C1CC(CCCC(=O)[S-])=N2.[Na+]. The molecule has 4 nitrogen and oxygen atoms in total. The number of terminal acetylenes is 1. The van der Waals surface area contributed by atoms with Crippen molar-refractivity contribution in [3.8, 4) is 12.3 Å². The van der Waals surface area contributed by atoms with Gasteiger partial charge in [0.05, 0.1) is 12.2 Å². The molecule has 4 unspecified atom stereocenters. The van der Waals surface area contributed by atoms with Crippen molar-refractivity contribution in [1.29, 1.82) is 0 Å². The zero-order valence-electron chi connectivity index (χ0n) is 16.6. The molecule has 1 saturated carbocycles. The molecule has 1 heterocycles. The van der Waals surface area contributed by atoms with E-state index in [0.29, 0.717) is 19.3 Å². The molecule has 0 radical (unpaired) electrons. The van der Waals surface area contributed by atoms with Crippen molar-refractivity contribution in [1.82, 2.24) is 0 Å². The first kappa shape index (κ1) is 24.8. The van der Waals surface area contributed by atoms with Gasteiger partial charge < -0.3 is 27.6 Å². The maximum Gasteiger partial charge on any atom is 1.00 e. The number of hydrogen-bond acceptors (Lipinski definition) is 5. The number of hydrogen-bond donors (Lipinski definition) is 2. The molecule has 2 rings (SSSR count). The minimum absolute atomic E-state index is 0. The van der Waals surface area contributed by atoms with Gasteiger partial charge in [-0.15, -0.1) is 6.42 Å². The fourth-order valence-corrected chi connectivity index (χ4v) is 4.36. The topological polar surface area (TPSA) is 69.9 Å². The summed E-state index contributed by atoms with van der Waals surface area (Å²) < 4.78 is 0. The summed E-state index contributed by atoms with van der Waals surface area (Å²) in [5.74, 6) is 2.80. The molecule has 27 heavy (non-hydrogen) atoms. The van der Waals surface area contributed by atoms with E-state index in [4.69, 9.17) is 11.4 Å². The summed E-state index contributed by atoms with van der Waals surface area (Å²) in [5.41, 5.74) is 0.382. The predicted molar refractivity (Wildman–Crippen MR) is 107 cm³/mol. The molecule has 0 saturated heterocycles. The van der Waals surface area contributed by atoms with Crippen molar-refractivity contribution in [2.45, 2.75) is 82.5 Å². The van der Waals surface area contributed by atoms with Gasteiger partial charge in [0.1, 0.15) is 5.54 Å². The number of carbonyl (C=O) groups is 1. The molecule has 0 spiro atoms. The van der Waals surface area contributed by atoms with Gasteiger partial charge in [-0.25, -0.2) is 0 Å². The van der Waals surface area contributed by atoms with Crippen LogP contribution in [0.4, 0.5) is 0 Å². The van der Waals surface area contributed by atoms with Gasteiger partial charge in [-0.1, -0.05) is 44.3 Å². The maximum atomic E-state index is 10.9. The zero-order chi connectivity index (χ0) is 19.2. The molecule has 6 heteroatoms. The largest absolute Gasteiger partial charge is 1.00 e. The molecule has 2 N–H and O–H groups in total. The van der Waals surface area contributed by atoms with Crippen LogP contribution in [0, 0.1) is 24.2 Å². The van der Waals surface area contributed by atoms with Crippen LogP contribution in [-0.2, 0) is 17.4 Å². The Hall–Kier alpha value is -0.220. The molecule has 0 aromatic carbocycles. The molecule has 5 atom stereocenters. The van der Waals surface area contributed by atoms with Crippen LogP contribution in [0.5, 0.6) is 0 Å². The summed E-state index contributed by atoms with van der Waals surface area (Å²) in [4.78, 5) is 15.7. The normalized spacial score (nSPS) is 30.4. The van der Waals surface area contributed by atoms with Gasteiger partial charge in [0.15, 0.2) is 0 Å². The van der Waals surface area contributed by atoms with E-state index in [2.05, 4.69) is 25.5 Å². The molecule has 144 valence electrons. The van der Waals surface area contributed by atoms with E-state index in [0.717, 1.165) is 44.2 Å². The first-order valence-electron chi connectivity index (χ1n) is 9.71. The second-order valence-corrected chi connectivity index (χ2v) is 8.03. The number of unbranched alkanes of at least 4 members (excludes halogenated alkanes) is 2. The van der Waals surface area contributed by atoms with Crippen molar-refractivity contribution in [2.24, 2.45) is 16.8 Å². The molecular weight excluding hydrogens is 369 g/mol. The summed E-state index contributed by atoms with van der Waals surface area (Å²) in [7, 11) is 0. The Balaban J connectivity index is 0.00000364. The smallest absolute Gasteiger partial charge is 0.742 e. The van der Waals surface area contributed by atoms with Gasteiger partial charge >= 0.3 is 29.6 Å².